The SMILES string of the molecule is CCCCCc1ccc(C(=O)N(CCCC)CC(=O)c2c(-c3ccccc3)[nH]n(-c3ccccc3CC)c2=O)cc1. The van der Waals surface area contributed by atoms with Crippen LogP contribution in [0, 0.1) is 0 Å². The summed E-state index contributed by atoms with van der Waals surface area (Å²) in [6.07, 6.45) is 6.85. The Kier molecular flexibility index (Phi) is 10.5. The number of nitrogens with zero attached hydrogens (tertiary/aromatic N) is 2. The zero-order chi connectivity index (χ0) is 29.2. The van der Waals surface area contributed by atoms with Crippen molar-refractivity contribution < 1.29 is 9.59 Å². The minimum absolute atomic E-state index is 0.0719. The number of unbranched alkanes of at least 4 members (excludes halogenated alkanes) is 3. The highest BCUT2D eigenvalue weighted by Crippen LogP contribution is 2.23. The first kappa shape index (κ1) is 29.8. The number of benzene rings is 3. The summed E-state index contributed by atoms with van der Waals surface area (Å²) in [7, 11) is 0. The fraction of sp³-hybridized carbons (Fsp3) is 0.343. The fourth-order valence-electron chi connectivity index (χ4n) is 5.14. The number of nitrogens with one attached hydrogen (secondary N) is 1. The number of carbonyl (C=O) groups is 2. The Bertz CT molecular complexity index is 1500. The van der Waals surface area contributed by atoms with Crippen LogP contribution in [0.25, 0.3) is 16.9 Å². The maximum Gasteiger partial charge on any atom is 0.282 e. The second-order valence-electron chi connectivity index (χ2n) is 10.5. The number of rotatable bonds is 14. The molecule has 0 radical (unpaired) electrons. The van der Waals surface area contributed by atoms with Gasteiger partial charge >= 0.3 is 0 Å². The summed E-state index contributed by atoms with van der Waals surface area (Å²) in [5.41, 5.74) is 4.34. The van der Waals surface area contributed by atoms with Crippen molar-refractivity contribution in [1.29, 1.82) is 0 Å². The van der Waals surface area contributed by atoms with Crippen molar-refractivity contribution in [2.24, 2.45) is 0 Å². The van der Waals surface area contributed by atoms with E-state index in [1.807, 2.05) is 85.8 Å². The van der Waals surface area contributed by atoms with Gasteiger partial charge in [0.25, 0.3) is 11.5 Å². The standard InChI is InChI=1S/C35H41N3O3/c1-4-7-10-15-26-20-22-29(23-21-26)34(40)37(24-8-5-2)25-31(39)32-33(28-17-11-9-12-18-28)36-38(35(32)41)30-19-14-13-16-27(30)6-3/h9,11-14,16-23,36H,4-8,10,15,24-25H2,1-3H3. The Labute approximate surface area is 243 Å². The first-order valence-electron chi connectivity index (χ1n) is 14.9. The van der Waals surface area contributed by atoms with Crippen LogP contribution in [0.4, 0.5) is 0 Å². The van der Waals surface area contributed by atoms with Crippen LogP contribution in [0.3, 0.4) is 0 Å². The van der Waals surface area contributed by atoms with Crippen LogP contribution in [0.2, 0.25) is 0 Å². The van der Waals surface area contributed by atoms with Gasteiger partial charge in [0.1, 0.15) is 5.56 Å². The molecule has 0 aliphatic rings. The van der Waals surface area contributed by atoms with Crippen LogP contribution in [0.15, 0.2) is 83.7 Å². The summed E-state index contributed by atoms with van der Waals surface area (Å²) in [5.74, 6) is -0.571. The average molecular weight is 552 g/mol. The van der Waals surface area contributed by atoms with Gasteiger partial charge in [-0.15, -0.1) is 0 Å². The minimum Gasteiger partial charge on any atom is -0.331 e. The normalized spacial score (nSPS) is 11.0. The number of amides is 1. The third-order valence-corrected chi connectivity index (χ3v) is 7.52. The van der Waals surface area contributed by atoms with Gasteiger partial charge in [-0.2, -0.15) is 0 Å². The molecule has 0 spiro atoms. The van der Waals surface area contributed by atoms with Gasteiger partial charge in [-0.05, 0) is 55.0 Å². The van der Waals surface area contributed by atoms with E-state index in [1.165, 1.54) is 23.1 Å². The molecule has 0 unspecified atom stereocenters. The van der Waals surface area contributed by atoms with Crippen molar-refractivity contribution in [1.82, 2.24) is 14.7 Å². The van der Waals surface area contributed by atoms with Gasteiger partial charge in [0.05, 0.1) is 17.9 Å². The predicted molar refractivity (Wildman–Crippen MR) is 166 cm³/mol. The molecule has 0 aliphatic heterocycles. The number of para-hydroxylation sites is 1. The fourth-order valence-corrected chi connectivity index (χ4v) is 5.14. The van der Waals surface area contributed by atoms with Gasteiger partial charge in [-0.3, -0.25) is 19.5 Å². The molecule has 1 amide bonds. The van der Waals surface area contributed by atoms with Gasteiger partial charge < -0.3 is 4.90 Å². The first-order valence-corrected chi connectivity index (χ1v) is 14.9. The number of aromatic amines is 1. The van der Waals surface area contributed by atoms with E-state index in [2.05, 4.69) is 18.9 Å². The lowest BCUT2D eigenvalue weighted by Crippen LogP contribution is -2.38. The molecule has 3 aromatic carbocycles. The van der Waals surface area contributed by atoms with Crippen molar-refractivity contribution >= 4 is 11.7 Å². The molecule has 0 saturated carbocycles. The second kappa shape index (κ2) is 14.4. The average Bonchev–Trinajstić information content (AvgIpc) is 3.36. The number of aromatic nitrogens is 2. The van der Waals surface area contributed by atoms with E-state index in [9.17, 15) is 14.4 Å². The lowest BCUT2D eigenvalue weighted by molar-refractivity contribution is 0.0707. The lowest BCUT2D eigenvalue weighted by atomic mass is 10.0. The zero-order valence-electron chi connectivity index (χ0n) is 24.5. The number of carbonyl (C=O) groups excluding carboxylic acids is 2. The van der Waals surface area contributed by atoms with E-state index in [-0.39, 0.29) is 23.8 Å². The maximum atomic E-state index is 13.9. The molecule has 0 bridgehead atoms. The van der Waals surface area contributed by atoms with Crippen molar-refractivity contribution in [3.05, 3.63) is 111 Å². The van der Waals surface area contributed by atoms with Crippen LogP contribution < -0.4 is 5.56 Å². The Morgan fingerprint density at radius 1 is 0.805 bits per heavy atom. The van der Waals surface area contributed by atoms with Crippen LogP contribution >= 0.6 is 0 Å². The minimum atomic E-state index is -0.408. The largest absolute Gasteiger partial charge is 0.331 e. The lowest BCUT2D eigenvalue weighted by Gasteiger charge is -2.22. The number of hydrogen-bond acceptors (Lipinski definition) is 3. The molecule has 1 aromatic heterocycles. The predicted octanol–water partition coefficient (Wildman–Crippen LogP) is 7.25. The van der Waals surface area contributed by atoms with E-state index in [1.54, 1.807) is 4.90 Å². The quantitative estimate of drug-likeness (QED) is 0.132. The van der Waals surface area contributed by atoms with Crippen LogP contribution in [0.1, 0.15) is 84.7 Å². The number of aryl methyl sites for hydroxylation is 2. The second-order valence-corrected chi connectivity index (χ2v) is 10.5. The van der Waals surface area contributed by atoms with E-state index in [0.29, 0.717) is 23.5 Å². The van der Waals surface area contributed by atoms with Crippen molar-refractivity contribution in [3.63, 3.8) is 0 Å². The number of ketones is 1. The Hall–Kier alpha value is -4.19. The first-order chi connectivity index (χ1) is 20.0. The molecule has 6 heteroatoms. The van der Waals surface area contributed by atoms with E-state index in [4.69, 9.17) is 0 Å². The highest BCUT2D eigenvalue weighted by molar-refractivity contribution is 6.05. The molecule has 0 fully saturated rings. The molecule has 0 atom stereocenters. The highest BCUT2D eigenvalue weighted by Gasteiger charge is 2.27. The van der Waals surface area contributed by atoms with Gasteiger partial charge in [0, 0.05) is 17.7 Å². The molecule has 0 aliphatic carbocycles. The molecule has 214 valence electrons. The maximum absolute atomic E-state index is 13.9. The van der Waals surface area contributed by atoms with Crippen LogP contribution in [-0.2, 0) is 12.8 Å². The van der Waals surface area contributed by atoms with E-state index < -0.39 is 5.56 Å². The van der Waals surface area contributed by atoms with Gasteiger partial charge in [0.2, 0.25) is 0 Å². The van der Waals surface area contributed by atoms with Crippen LogP contribution in [-0.4, -0.2) is 39.5 Å². The molecule has 4 rings (SSSR count). The molecule has 6 nitrogen and oxygen atoms in total. The summed E-state index contributed by atoms with van der Waals surface area (Å²) in [4.78, 5) is 43.0. The molecular formula is C35H41N3O3. The summed E-state index contributed by atoms with van der Waals surface area (Å²) in [6.45, 7) is 6.55. The summed E-state index contributed by atoms with van der Waals surface area (Å²) in [6, 6.07) is 24.8. The Morgan fingerprint density at radius 2 is 1.49 bits per heavy atom. The summed E-state index contributed by atoms with van der Waals surface area (Å²) in [5, 5.41) is 3.22. The molecule has 1 N–H and O–H groups in total. The molecular weight excluding hydrogens is 510 g/mol. The molecule has 1 heterocycles. The van der Waals surface area contributed by atoms with Crippen LogP contribution in [0.5, 0.6) is 0 Å². The third kappa shape index (κ3) is 7.12. The Morgan fingerprint density at radius 3 is 2.17 bits per heavy atom. The van der Waals surface area contributed by atoms with Crippen molar-refractivity contribution in [2.75, 3.05) is 13.1 Å². The van der Waals surface area contributed by atoms with Crippen molar-refractivity contribution in [3.8, 4) is 16.9 Å². The highest BCUT2D eigenvalue weighted by atomic mass is 16.2. The number of H-pyrrole nitrogens is 1. The summed E-state index contributed by atoms with van der Waals surface area (Å²) < 4.78 is 1.46. The van der Waals surface area contributed by atoms with Gasteiger partial charge in [0.15, 0.2) is 5.78 Å². The molecule has 4 aromatic rings. The van der Waals surface area contributed by atoms with Gasteiger partial charge in [-0.25, -0.2) is 4.68 Å². The van der Waals surface area contributed by atoms with E-state index >= 15 is 0 Å². The van der Waals surface area contributed by atoms with Crippen molar-refractivity contribution in [2.45, 2.75) is 65.7 Å². The molecule has 0 saturated heterocycles. The summed E-state index contributed by atoms with van der Waals surface area (Å²) >= 11 is 0. The monoisotopic (exact) mass is 551 g/mol. The third-order valence-electron chi connectivity index (χ3n) is 7.52. The van der Waals surface area contributed by atoms with Gasteiger partial charge in [-0.1, -0.05) is 101 Å². The smallest absolute Gasteiger partial charge is 0.282 e. The Balaban J connectivity index is 1.68. The number of hydrogen-bond donors (Lipinski definition) is 1. The number of Topliss-reactive ketones (excluding diaryl/α,β-unsaturated/α-hetero) is 1. The topological polar surface area (TPSA) is 75.2 Å². The van der Waals surface area contributed by atoms with E-state index in [0.717, 1.165) is 43.2 Å². The molecule has 41 heavy (non-hydrogen) atoms. The zero-order valence-corrected chi connectivity index (χ0v) is 24.5.